The van der Waals surface area contributed by atoms with E-state index in [1.165, 1.54) is 16.4 Å². The first kappa shape index (κ1) is 20.1. The monoisotopic (exact) mass is 391 g/mol. The molecule has 3 rings (SSSR count). The standard InChI is InChI=1S/C16H22FN3O3S.ClH/c17-13-3-5-15(6-4-13)24(22,23)20-10-8-19(9-11-20)16(21)12-14-2-1-7-18-14;/h3-6,14,18H,1-2,7-12H2;1H. The zero-order valence-electron chi connectivity index (χ0n) is 13.9. The van der Waals surface area contributed by atoms with E-state index in [4.69, 9.17) is 0 Å². The second-order valence-corrected chi connectivity index (χ2v) is 8.17. The van der Waals surface area contributed by atoms with Crippen molar-refractivity contribution in [2.75, 3.05) is 32.7 Å². The molecule has 2 aliphatic rings. The number of sulfonamides is 1. The van der Waals surface area contributed by atoms with E-state index < -0.39 is 15.8 Å². The Labute approximate surface area is 153 Å². The Morgan fingerprint density at radius 2 is 1.80 bits per heavy atom. The fourth-order valence-corrected chi connectivity index (χ4v) is 4.63. The Kier molecular flexibility index (Phi) is 6.79. The van der Waals surface area contributed by atoms with Crippen molar-refractivity contribution in [2.45, 2.75) is 30.2 Å². The molecular formula is C16H23ClFN3O3S. The first-order valence-electron chi connectivity index (χ1n) is 8.24. The summed E-state index contributed by atoms with van der Waals surface area (Å²) in [7, 11) is -3.63. The number of carbonyl (C=O) groups is 1. The molecule has 6 nitrogen and oxygen atoms in total. The van der Waals surface area contributed by atoms with Gasteiger partial charge < -0.3 is 10.2 Å². The third-order valence-corrected chi connectivity index (χ3v) is 6.54. The van der Waals surface area contributed by atoms with Gasteiger partial charge in [-0.2, -0.15) is 4.31 Å². The van der Waals surface area contributed by atoms with Crippen molar-refractivity contribution in [1.82, 2.24) is 14.5 Å². The van der Waals surface area contributed by atoms with E-state index in [9.17, 15) is 17.6 Å². The second kappa shape index (κ2) is 8.44. The Balaban J connectivity index is 0.00000225. The number of nitrogens with one attached hydrogen (secondary N) is 1. The molecule has 1 N–H and O–H groups in total. The number of nitrogens with zero attached hydrogens (tertiary/aromatic N) is 2. The number of hydrogen-bond acceptors (Lipinski definition) is 4. The fourth-order valence-electron chi connectivity index (χ4n) is 3.20. The Hall–Kier alpha value is -1.22. The molecule has 1 atom stereocenters. The van der Waals surface area contributed by atoms with E-state index in [0.717, 1.165) is 31.5 Å². The molecule has 0 saturated carbocycles. The van der Waals surface area contributed by atoms with E-state index in [1.54, 1.807) is 4.90 Å². The van der Waals surface area contributed by atoms with Crippen molar-refractivity contribution >= 4 is 28.3 Å². The second-order valence-electron chi connectivity index (χ2n) is 6.24. The normalized spacial score (nSPS) is 21.8. The minimum atomic E-state index is -3.63. The van der Waals surface area contributed by atoms with Crippen LogP contribution < -0.4 is 5.32 Å². The highest BCUT2D eigenvalue weighted by molar-refractivity contribution is 7.89. The maximum Gasteiger partial charge on any atom is 0.243 e. The number of benzene rings is 1. The molecule has 25 heavy (non-hydrogen) atoms. The van der Waals surface area contributed by atoms with Crippen LogP contribution in [0, 0.1) is 5.82 Å². The van der Waals surface area contributed by atoms with Gasteiger partial charge in [0.2, 0.25) is 15.9 Å². The quantitative estimate of drug-likeness (QED) is 0.838. The van der Waals surface area contributed by atoms with Gasteiger partial charge in [0.25, 0.3) is 0 Å². The number of carbonyl (C=O) groups excluding carboxylic acids is 1. The van der Waals surface area contributed by atoms with Crippen molar-refractivity contribution in [3.05, 3.63) is 30.1 Å². The average molecular weight is 392 g/mol. The van der Waals surface area contributed by atoms with Crippen LogP contribution in [-0.2, 0) is 14.8 Å². The van der Waals surface area contributed by atoms with Crippen molar-refractivity contribution in [1.29, 1.82) is 0 Å². The van der Waals surface area contributed by atoms with Crippen LogP contribution in [0.25, 0.3) is 0 Å². The van der Waals surface area contributed by atoms with Crippen LogP contribution in [0.5, 0.6) is 0 Å². The zero-order valence-corrected chi connectivity index (χ0v) is 15.5. The number of rotatable bonds is 4. The molecule has 0 aromatic heterocycles. The number of amides is 1. The smallest absolute Gasteiger partial charge is 0.243 e. The van der Waals surface area contributed by atoms with Gasteiger partial charge in [-0.15, -0.1) is 12.4 Å². The van der Waals surface area contributed by atoms with Crippen LogP contribution in [0.1, 0.15) is 19.3 Å². The van der Waals surface area contributed by atoms with Crippen LogP contribution in [0.3, 0.4) is 0 Å². The van der Waals surface area contributed by atoms with E-state index in [0.29, 0.717) is 19.5 Å². The molecule has 2 fully saturated rings. The van der Waals surface area contributed by atoms with Crippen molar-refractivity contribution in [3.63, 3.8) is 0 Å². The van der Waals surface area contributed by atoms with Crippen LogP contribution in [0.15, 0.2) is 29.2 Å². The summed E-state index contributed by atoms with van der Waals surface area (Å²) >= 11 is 0. The summed E-state index contributed by atoms with van der Waals surface area (Å²) in [6.07, 6.45) is 2.59. The first-order valence-corrected chi connectivity index (χ1v) is 9.68. The highest BCUT2D eigenvalue weighted by Gasteiger charge is 2.31. The SMILES string of the molecule is Cl.O=C(CC1CCCN1)N1CCN(S(=O)(=O)c2ccc(F)cc2)CC1. The Morgan fingerprint density at radius 1 is 1.16 bits per heavy atom. The van der Waals surface area contributed by atoms with Gasteiger partial charge >= 0.3 is 0 Å². The third kappa shape index (κ3) is 4.69. The van der Waals surface area contributed by atoms with Crippen LogP contribution in [0.2, 0.25) is 0 Å². The molecule has 0 spiro atoms. The maximum atomic E-state index is 13.0. The van der Waals surface area contributed by atoms with Crippen LogP contribution >= 0.6 is 12.4 Å². The third-order valence-electron chi connectivity index (χ3n) is 4.63. The van der Waals surface area contributed by atoms with Gasteiger partial charge in [-0.05, 0) is 43.7 Å². The van der Waals surface area contributed by atoms with Gasteiger partial charge in [-0.3, -0.25) is 4.79 Å². The van der Waals surface area contributed by atoms with Gasteiger partial charge in [0.1, 0.15) is 5.82 Å². The summed E-state index contributed by atoms with van der Waals surface area (Å²) < 4.78 is 39.4. The summed E-state index contributed by atoms with van der Waals surface area (Å²) in [5.74, 6) is -0.391. The molecule has 0 radical (unpaired) electrons. The van der Waals surface area contributed by atoms with Crippen molar-refractivity contribution in [3.8, 4) is 0 Å². The number of halogens is 2. The van der Waals surface area contributed by atoms with E-state index in [2.05, 4.69) is 5.32 Å². The highest BCUT2D eigenvalue weighted by atomic mass is 35.5. The molecule has 1 aromatic rings. The summed E-state index contributed by atoms with van der Waals surface area (Å²) in [5, 5.41) is 3.30. The van der Waals surface area contributed by atoms with Gasteiger partial charge in [-0.25, -0.2) is 12.8 Å². The topological polar surface area (TPSA) is 69.7 Å². The summed E-state index contributed by atoms with van der Waals surface area (Å²) in [6.45, 7) is 2.28. The van der Waals surface area contributed by atoms with E-state index in [-0.39, 0.29) is 42.3 Å². The zero-order chi connectivity index (χ0) is 17.2. The molecule has 0 aliphatic carbocycles. The molecule has 2 heterocycles. The molecule has 1 aromatic carbocycles. The van der Waals surface area contributed by atoms with Gasteiger partial charge in [0.05, 0.1) is 4.90 Å². The average Bonchev–Trinajstić information content (AvgIpc) is 3.08. The van der Waals surface area contributed by atoms with Gasteiger partial charge in [-0.1, -0.05) is 0 Å². The van der Waals surface area contributed by atoms with Gasteiger partial charge in [0, 0.05) is 38.6 Å². The fraction of sp³-hybridized carbons (Fsp3) is 0.562. The minimum Gasteiger partial charge on any atom is -0.340 e. The summed E-state index contributed by atoms with van der Waals surface area (Å²) in [5.41, 5.74) is 0. The van der Waals surface area contributed by atoms with E-state index in [1.807, 2.05) is 0 Å². The van der Waals surface area contributed by atoms with Crippen molar-refractivity contribution in [2.24, 2.45) is 0 Å². The predicted molar refractivity (Wildman–Crippen MR) is 94.6 cm³/mol. The molecule has 2 saturated heterocycles. The van der Waals surface area contributed by atoms with Crippen LogP contribution in [-0.4, -0.2) is 62.3 Å². The largest absolute Gasteiger partial charge is 0.340 e. The molecule has 1 amide bonds. The lowest BCUT2D eigenvalue weighted by atomic mass is 10.1. The highest BCUT2D eigenvalue weighted by Crippen LogP contribution is 2.19. The molecule has 0 bridgehead atoms. The summed E-state index contributed by atoms with van der Waals surface area (Å²) in [4.78, 5) is 14.1. The molecule has 2 aliphatic heterocycles. The summed E-state index contributed by atoms with van der Waals surface area (Å²) in [6, 6.07) is 5.07. The number of hydrogen-bond donors (Lipinski definition) is 1. The minimum absolute atomic E-state index is 0. The van der Waals surface area contributed by atoms with Crippen LogP contribution in [0.4, 0.5) is 4.39 Å². The van der Waals surface area contributed by atoms with Gasteiger partial charge in [0.15, 0.2) is 0 Å². The Bertz CT molecular complexity index is 685. The predicted octanol–water partition coefficient (Wildman–Crippen LogP) is 1.22. The van der Waals surface area contributed by atoms with E-state index >= 15 is 0 Å². The maximum absolute atomic E-state index is 13.0. The molecule has 9 heteroatoms. The van der Waals surface area contributed by atoms with Crippen molar-refractivity contribution < 1.29 is 17.6 Å². The lowest BCUT2D eigenvalue weighted by Gasteiger charge is -2.34. The number of piperazine rings is 1. The molecular weight excluding hydrogens is 369 g/mol. The lowest BCUT2D eigenvalue weighted by Crippen LogP contribution is -2.51. The molecule has 1 unspecified atom stereocenters. The molecule has 140 valence electrons. The lowest BCUT2D eigenvalue weighted by molar-refractivity contribution is -0.132. The first-order chi connectivity index (χ1) is 11.5. The Morgan fingerprint density at radius 3 is 2.36 bits per heavy atom.